The van der Waals surface area contributed by atoms with Gasteiger partial charge in [-0.1, -0.05) is 47.5 Å². The fourth-order valence-electron chi connectivity index (χ4n) is 2.01. The van der Waals surface area contributed by atoms with Crippen molar-refractivity contribution in [1.29, 1.82) is 0 Å². The van der Waals surface area contributed by atoms with Gasteiger partial charge in [0.2, 0.25) is 0 Å². The monoisotopic (exact) mass is 310 g/mol. The molecule has 1 atom stereocenters. The predicted molar refractivity (Wildman–Crippen MR) is 82.8 cm³/mol. The molecule has 0 fully saturated rings. The van der Waals surface area contributed by atoms with Crippen LogP contribution in [0.25, 0.3) is 0 Å². The first kappa shape index (κ1) is 15.2. The van der Waals surface area contributed by atoms with E-state index in [1.807, 2.05) is 36.4 Å². The molecule has 0 aliphatic carbocycles. The lowest BCUT2D eigenvalue weighted by Gasteiger charge is -2.16. The van der Waals surface area contributed by atoms with Crippen LogP contribution < -0.4 is 4.74 Å². The Morgan fingerprint density at radius 1 is 1.05 bits per heavy atom. The Labute approximate surface area is 128 Å². The van der Waals surface area contributed by atoms with Crippen LogP contribution in [0.2, 0.25) is 10.0 Å². The average Bonchev–Trinajstić information content (AvgIpc) is 2.46. The fraction of sp³-hybridized carbons (Fsp3) is 0.250. The molecule has 2 rings (SSSR count). The van der Waals surface area contributed by atoms with Crippen LogP contribution in [0.5, 0.6) is 5.75 Å². The molecule has 0 bridgehead atoms. The number of rotatable bonds is 6. The van der Waals surface area contributed by atoms with E-state index in [9.17, 15) is 5.11 Å². The Hall–Kier alpha value is -1.22. The van der Waals surface area contributed by atoms with Crippen molar-refractivity contribution < 1.29 is 9.84 Å². The molecule has 0 spiro atoms. The molecule has 0 unspecified atom stereocenters. The molecule has 0 saturated carbocycles. The third-order valence-electron chi connectivity index (χ3n) is 3.10. The van der Waals surface area contributed by atoms with Gasteiger partial charge in [-0.15, -0.1) is 0 Å². The summed E-state index contributed by atoms with van der Waals surface area (Å²) < 4.78 is 5.64. The maximum Gasteiger partial charge on any atom is 0.119 e. The second-order valence-corrected chi connectivity index (χ2v) is 5.34. The van der Waals surface area contributed by atoms with Gasteiger partial charge in [0.05, 0.1) is 13.2 Å². The Balaban J connectivity index is 1.95. The fourth-order valence-corrected chi connectivity index (χ4v) is 2.58. The molecule has 0 saturated heterocycles. The molecule has 2 aromatic carbocycles. The van der Waals surface area contributed by atoms with E-state index in [-0.39, 0.29) is 12.5 Å². The number of aliphatic hydroxyl groups excluding tert-OH is 1. The van der Waals surface area contributed by atoms with Crippen molar-refractivity contribution in [2.45, 2.75) is 12.3 Å². The van der Waals surface area contributed by atoms with Crippen molar-refractivity contribution in [3.63, 3.8) is 0 Å². The van der Waals surface area contributed by atoms with E-state index in [1.54, 1.807) is 12.1 Å². The molecule has 0 aromatic heterocycles. The van der Waals surface area contributed by atoms with Gasteiger partial charge in [0.15, 0.2) is 0 Å². The lowest BCUT2D eigenvalue weighted by Crippen LogP contribution is -2.10. The normalized spacial score (nSPS) is 12.2. The summed E-state index contributed by atoms with van der Waals surface area (Å²) >= 11 is 12.0. The van der Waals surface area contributed by atoms with Crippen molar-refractivity contribution in [1.82, 2.24) is 0 Å². The summed E-state index contributed by atoms with van der Waals surface area (Å²) in [7, 11) is 0. The van der Waals surface area contributed by atoms with Crippen molar-refractivity contribution in [2.75, 3.05) is 13.2 Å². The van der Waals surface area contributed by atoms with Gasteiger partial charge < -0.3 is 9.84 Å². The summed E-state index contributed by atoms with van der Waals surface area (Å²) in [5, 5.41) is 10.7. The van der Waals surface area contributed by atoms with Crippen LogP contribution in [0.3, 0.4) is 0 Å². The molecule has 2 aromatic rings. The molecular weight excluding hydrogens is 295 g/mol. The quantitative estimate of drug-likeness (QED) is 0.849. The van der Waals surface area contributed by atoms with E-state index in [2.05, 4.69) is 0 Å². The molecule has 2 nitrogen and oxygen atoms in total. The van der Waals surface area contributed by atoms with Crippen molar-refractivity contribution in [3.8, 4) is 5.75 Å². The molecule has 0 amide bonds. The largest absolute Gasteiger partial charge is 0.494 e. The molecule has 1 N–H and O–H groups in total. The van der Waals surface area contributed by atoms with Gasteiger partial charge in [0.1, 0.15) is 5.75 Å². The molecule has 106 valence electrons. The first-order valence-corrected chi connectivity index (χ1v) is 7.20. The minimum absolute atomic E-state index is 0.0273. The van der Waals surface area contributed by atoms with E-state index in [0.717, 1.165) is 11.3 Å². The Morgan fingerprint density at radius 2 is 1.80 bits per heavy atom. The highest BCUT2D eigenvalue weighted by Gasteiger charge is 2.14. The summed E-state index contributed by atoms with van der Waals surface area (Å²) in [6, 6.07) is 14.9. The van der Waals surface area contributed by atoms with Gasteiger partial charge in [-0.3, -0.25) is 0 Å². The van der Waals surface area contributed by atoms with E-state index in [1.165, 1.54) is 0 Å². The number of benzene rings is 2. The van der Waals surface area contributed by atoms with Crippen LogP contribution in [0.1, 0.15) is 17.9 Å². The van der Waals surface area contributed by atoms with E-state index >= 15 is 0 Å². The SMILES string of the molecule is OC[C@H](CCOc1ccccc1)c1ccc(Cl)cc1Cl. The van der Waals surface area contributed by atoms with E-state index < -0.39 is 0 Å². The Bertz CT molecular complexity index is 543. The van der Waals surface area contributed by atoms with Crippen LogP contribution in [0.15, 0.2) is 48.5 Å². The van der Waals surface area contributed by atoms with Gasteiger partial charge in [-0.2, -0.15) is 0 Å². The average molecular weight is 311 g/mol. The summed E-state index contributed by atoms with van der Waals surface area (Å²) in [5.41, 5.74) is 0.898. The first-order chi connectivity index (χ1) is 9.70. The zero-order valence-electron chi connectivity index (χ0n) is 10.9. The number of aliphatic hydroxyl groups is 1. The number of para-hydroxylation sites is 1. The molecule has 0 heterocycles. The molecule has 20 heavy (non-hydrogen) atoms. The smallest absolute Gasteiger partial charge is 0.119 e. The summed E-state index contributed by atoms with van der Waals surface area (Å²) in [6.45, 7) is 0.549. The Morgan fingerprint density at radius 3 is 2.45 bits per heavy atom. The van der Waals surface area contributed by atoms with Crippen molar-refractivity contribution >= 4 is 23.2 Å². The third kappa shape index (κ3) is 4.14. The maximum absolute atomic E-state index is 9.52. The van der Waals surface area contributed by atoms with E-state index in [0.29, 0.717) is 23.1 Å². The predicted octanol–water partition coefficient (Wildman–Crippen LogP) is 4.54. The lowest BCUT2D eigenvalue weighted by atomic mass is 9.97. The van der Waals surface area contributed by atoms with Crippen LogP contribution in [-0.2, 0) is 0 Å². The number of halogens is 2. The van der Waals surface area contributed by atoms with Crippen molar-refractivity contribution in [3.05, 3.63) is 64.1 Å². The highest BCUT2D eigenvalue weighted by atomic mass is 35.5. The van der Waals surface area contributed by atoms with Crippen LogP contribution >= 0.6 is 23.2 Å². The number of ether oxygens (including phenoxy) is 1. The molecule has 0 aliphatic rings. The Kier molecular flexibility index (Phi) is 5.72. The van der Waals surface area contributed by atoms with Gasteiger partial charge in [0.25, 0.3) is 0 Å². The summed E-state index contributed by atoms with van der Waals surface area (Å²) in [4.78, 5) is 0. The molecule has 0 aliphatic heterocycles. The number of hydrogen-bond acceptors (Lipinski definition) is 2. The van der Waals surface area contributed by atoms with Crippen LogP contribution in [0.4, 0.5) is 0 Å². The van der Waals surface area contributed by atoms with Gasteiger partial charge in [-0.05, 0) is 36.2 Å². The minimum atomic E-state index is -0.0523. The minimum Gasteiger partial charge on any atom is -0.494 e. The molecule has 4 heteroatoms. The summed E-state index contributed by atoms with van der Waals surface area (Å²) in [6.07, 6.45) is 0.687. The highest BCUT2D eigenvalue weighted by molar-refractivity contribution is 6.35. The van der Waals surface area contributed by atoms with Gasteiger partial charge in [-0.25, -0.2) is 0 Å². The van der Waals surface area contributed by atoms with Gasteiger partial charge in [0, 0.05) is 16.0 Å². The second kappa shape index (κ2) is 7.53. The first-order valence-electron chi connectivity index (χ1n) is 6.44. The zero-order chi connectivity index (χ0) is 14.4. The second-order valence-electron chi connectivity index (χ2n) is 4.50. The van der Waals surface area contributed by atoms with Crippen LogP contribution in [-0.4, -0.2) is 18.3 Å². The summed E-state index contributed by atoms with van der Waals surface area (Å²) in [5.74, 6) is 0.773. The van der Waals surface area contributed by atoms with Crippen molar-refractivity contribution in [2.24, 2.45) is 0 Å². The molecular formula is C16H16Cl2O2. The van der Waals surface area contributed by atoms with Crippen LogP contribution in [0, 0.1) is 0 Å². The maximum atomic E-state index is 9.52. The highest BCUT2D eigenvalue weighted by Crippen LogP contribution is 2.29. The standard InChI is InChI=1S/C16H16Cl2O2/c17-13-6-7-15(16(18)10-13)12(11-19)8-9-20-14-4-2-1-3-5-14/h1-7,10,12,19H,8-9,11H2/t12-/m0/s1. The number of hydrogen-bond donors (Lipinski definition) is 1. The zero-order valence-corrected chi connectivity index (χ0v) is 12.4. The topological polar surface area (TPSA) is 29.5 Å². The van der Waals surface area contributed by atoms with E-state index in [4.69, 9.17) is 27.9 Å². The van der Waals surface area contributed by atoms with Gasteiger partial charge >= 0.3 is 0 Å². The third-order valence-corrected chi connectivity index (χ3v) is 3.66. The lowest BCUT2D eigenvalue weighted by molar-refractivity contribution is 0.229. The molecule has 0 radical (unpaired) electrons.